The van der Waals surface area contributed by atoms with Crippen molar-refractivity contribution in [2.45, 2.75) is 26.5 Å². The molecule has 0 saturated heterocycles. The van der Waals surface area contributed by atoms with E-state index in [0.717, 1.165) is 5.56 Å². The van der Waals surface area contributed by atoms with Crippen molar-refractivity contribution in [2.75, 3.05) is 0 Å². The number of halogens is 1. The summed E-state index contributed by atoms with van der Waals surface area (Å²) in [5.41, 5.74) is 6.40. The van der Waals surface area contributed by atoms with Crippen LogP contribution < -0.4 is 10.5 Å². The molecule has 1 aromatic rings. The fraction of sp³-hybridized carbons (Fsp3) is 0.444. The molecule has 4 heteroatoms. The highest BCUT2D eigenvalue weighted by molar-refractivity contribution is 6.29. The third-order valence-corrected chi connectivity index (χ3v) is 1.62. The van der Waals surface area contributed by atoms with Crippen molar-refractivity contribution in [1.29, 1.82) is 0 Å². The Morgan fingerprint density at radius 3 is 2.77 bits per heavy atom. The molecule has 0 atom stereocenters. The van der Waals surface area contributed by atoms with Crippen molar-refractivity contribution in [3.63, 3.8) is 0 Å². The summed E-state index contributed by atoms with van der Waals surface area (Å²) < 4.78 is 5.39. The van der Waals surface area contributed by atoms with Gasteiger partial charge in [0.1, 0.15) is 5.15 Å². The Bertz CT molecular complexity index is 289. The Balaban J connectivity index is 2.88. The second kappa shape index (κ2) is 4.44. The molecule has 0 aliphatic carbocycles. The number of pyridine rings is 1. The van der Waals surface area contributed by atoms with E-state index in [9.17, 15) is 0 Å². The summed E-state index contributed by atoms with van der Waals surface area (Å²) in [4.78, 5) is 4.01. The molecule has 0 spiro atoms. The first kappa shape index (κ1) is 10.3. The molecule has 3 nitrogen and oxygen atoms in total. The van der Waals surface area contributed by atoms with Gasteiger partial charge >= 0.3 is 0 Å². The van der Waals surface area contributed by atoms with Gasteiger partial charge in [-0.25, -0.2) is 4.98 Å². The molecule has 0 radical (unpaired) electrons. The first-order valence-corrected chi connectivity index (χ1v) is 4.53. The monoisotopic (exact) mass is 200 g/mol. The molecule has 2 N–H and O–H groups in total. The van der Waals surface area contributed by atoms with Crippen molar-refractivity contribution in [2.24, 2.45) is 5.73 Å². The highest BCUT2D eigenvalue weighted by atomic mass is 35.5. The van der Waals surface area contributed by atoms with Gasteiger partial charge in [0.2, 0.25) is 5.88 Å². The first-order valence-electron chi connectivity index (χ1n) is 4.15. The summed E-state index contributed by atoms with van der Waals surface area (Å²) in [6.07, 6.45) is 0.0941. The Morgan fingerprint density at radius 2 is 2.23 bits per heavy atom. The SMILES string of the molecule is CC(C)Oc1cc(CN)cc(Cl)n1. The van der Waals surface area contributed by atoms with E-state index in [-0.39, 0.29) is 6.10 Å². The second-order valence-corrected chi connectivity index (χ2v) is 3.39. The molecule has 0 aliphatic heterocycles. The van der Waals surface area contributed by atoms with Gasteiger partial charge in [0.15, 0.2) is 0 Å². The Labute approximate surface area is 82.9 Å². The zero-order valence-corrected chi connectivity index (χ0v) is 8.51. The molecule has 1 heterocycles. The number of hydrogen-bond acceptors (Lipinski definition) is 3. The van der Waals surface area contributed by atoms with Crippen LogP contribution in [0.3, 0.4) is 0 Å². The van der Waals surface area contributed by atoms with Crippen LogP contribution in [0.15, 0.2) is 12.1 Å². The predicted octanol–water partition coefficient (Wildman–Crippen LogP) is 1.98. The maximum Gasteiger partial charge on any atom is 0.215 e. The molecule has 0 fully saturated rings. The van der Waals surface area contributed by atoms with Crippen LogP contribution in [-0.2, 0) is 6.54 Å². The number of nitrogens with zero attached hydrogens (tertiary/aromatic N) is 1. The molecule has 0 amide bonds. The molecule has 1 aromatic heterocycles. The minimum Gasteiger partial charge on any atom is -0.475 e. The molecule has 13 heavy (non-hydrogen) atoms. The van der Waals surface area contributed by atoms with Gasteiger partial charge in [-0.2, -0.15) is 0 Å². The third-order valence-electron chi connectivity index (χ3n) is 1.42. The molecule has 0 aliphatic rings. The summed E-state index contributed by atoms with van der Waals surface area (Å²) in [6.45, 7) is 4.31. The van der Waals surface area contributed by atoms with Gasteiger partial charge in [-0.05, 0) is 25.5 Å². The van der Waals surface area contributed by atoms with Crippen LogP contribution in [0.5, 0.6) is 5.88 Å². The average molecular weight is 201 g/mol. The fourth-order valence-electron chi connectivity index (χ4n) is 0.943. The van der Waals surface area contributed by atoms with Gasteiger partial charge < -0.3 is 10.5 Å². The normalized spacial score (nSPS) is 10.5. The van der Waals surface area contributed by atoms with Crippen LogP contribution in [-0.4, -0.2) is 11.1 Å². The molecule has 1 rings (SSSR count). The minimum atomic E-state index is 0.0941. The van der Waals surface area contributed by atoms with Gasteiger partial charge in [-0.1, -0.05) is 11.6 Å². The van der Waals surface area contributed by atoms with Crippen LogP contribution in [0.2, 0.25) is 5.15 Å². The van der Waals surface area contributed by atoms with Crippen LogP contribution in [0.1, 0.15) is 19.4 Å². The van der Waals surface area contributed by atoms with Gasteiger partial charge in [-0.3, -0.25) is 0 Å². The number of nitrogens with two attached hydrogens (primary N) is 1. The lowest BCUT2D eigenvalue weighted by Gasteiger charge is -2.09. The van der Waals surface area contributed by atoms with Crippen molar-refractivity contribution >= 4 is 11.6 Å². The van der Waals surface area contributed by atoms with Crippen molar-refractivity contribution in [3.05, 3.63) is 22.8 Å². The molecule has 0 aromatic carbocycles. The number of rotatable bonds is 3. The largest absolute Gasteiger partial charge is 0.475 e. The molecule has 0 saturated carbocycles. The van der Waals surface area contributed by atoms with Crippen molar-refractivity contribution < 1.29 is 4.74 Å². The zero-order chi connectivity index (χ0) is 9.84. The van der Waals surface area contributed by atoms with Gasteiger partial charge in [-0.15, -0.1) is 0 Å². The maximum atomic E-state index is 5.77. The standard InChI is InChI=1S/C9H13ClN2O/c1-6(2)13-9-4-7(5-11)3-8(10)12-9/h3-4,6H,5,11H2,1-2H3. The maximum absolute atomic E-state index is 5.77. The zero-order valence-electron chi connectivity index (χ0n) is 7.75. The summed E-state index contributed by atoms with van der Waals surface area (Å²) >= 11 is 5.77. The quantitative estimate of drug-likeness (QED) is 0.760. The number of ether oxygens (including phenoxy) is 1. The van der Waals surface area contributed by atoms with Crippen LogP contribution in [0.4, 0.5) is 0 Å². The number of aromatic nitrogens is 1. The minimum absolute atomic E-state index is 0.0941. The lowest BCUT2D eigenvalue weighted by Crippen LogP contribution is -2.08. The van der Waals surface area contributed by atoms with Crippen molar-refractivity contribution in [1.82, 2.24) is 4.98 Å². The molecular formula is C9H13ClN2O. The lowest BCUT2D eigenvalue weighted by molar-refractivity contribution is 0.232. The first-order chi connectivity index (χ1) is 6.11. The molecule has 72 valence electrons. The van der Waals surface area contributed by atoms with Gasteiger partial charge in [0, 0.05) is 12.6 Å². The van der Waals surface area contributed by atoms with E-state index >= 15 is 0 Å². The predicted molar refractivity (Wildman–Crippen MR) is 52.9 cm³/mol. The smallest absolute Gasteiger partial charge is 0.215 e. The highest BCUT2D eigenvalue weighted by Gasteiger charge is 2.02. The second-order valence-electron chi connectivity index (χ2n) is 3.01. The van der Waals surface area contributed by atoms with Crippen molar-refractivity contribution in [3.8, 4) is 5.88 Å². The van der Waals surface area contributed by atoms with Crippen LogP contribution in [0.25, 0.3) is 0 Å². The highest BCUT2D eigenvalue weighted by Crippen LogP contribution is 2.16. The molecule has 0 bridgehead atoms. The lowest BCUT2D eigenvalue weighted by atomic mass is 10.3. The Morgan fingerprint density at radius 1 is 1.54 bits per heavy atom. The van der Waals surface area contributed by atoms with E-state index in [1.807, 2.05) is 13.8 Å². The van der Waals surface area contributed by atoms with E-state index in [4.69, 9.17) is 22.1 Å². The summed E-state index contributed by atoms with van der Waals surface area (Å²) in [5.74, 6) is 0.531. The van der Waals surface area contributed by atoms with E-state index in [2.05, 4.69) is 4.98 Å². The summed E-state index contributed by atoms with van der Waals surface area (Å²) in [7, 11) is 0. The average Bonchev–Trinajstić information content (AvgIpc) is 2.01. The van der Waals surface area contributed by atoms with E-state index in [1.165, 1.54) is 0 Å². The van der Waals surface area contributed by atoms with Gasteiger partial charge in [0.25, 0.3) is 0 Å². The van der Waals surface area contributed by atoms with E-state index < -0.39 is 0 Å². The molecule has 0 unspecified atom stereocenters. The summed E-state index contributed by atoms with van der Waals surface area (Å²) in [5, 5.41) is 0.415. The van der Waals surface area contributed by atoms with Gasteiger partial charge in [0.05, 0.1) is 6.10 Å². The van der Waals surface area contributed by atoms with E-state index in [1.54, 1.807) is 12.1 Å². The number of hydrogen-bond donors (Lipinski definition) is 1. The third kappa shape index (κ3) is 3.20. The Hall–Kier alpha value is -0.800. The molecular weight excluding hydrogens is 188 g/mol. The van der Waals surface area contributed by atoms with Crippen LogP contribution in [0, 0.1) is 0 Å². The Kier molecular flexibility index (Phi) is 3.51. The van der Waals surface area contributed by atoms with E-state index in [0.29, 0.717) is 17.6 Å². The fourth-order valence-corrected chi connectivity index (χ4v) is 1.17. The summed E-state index contributed by atoms with van der Waals surface area (Å²) in [6, 6.07) is 3.53. The topological polar surface area (TPSA) is 48.1 Å². The van der Waals surface area contributed by atoms with Crippen LogP contribution >= 0.6 is 11.6 Å².